The van der Waals surface area contributed by atoms with Crippen molar-refractivity contribution >= 4 is 15.7 Å². The number of aliphatic hydroxyl groups excluding tert-OH is 1. The van der Waals surface area contributed by atoms with Crippen LogP contribution in [0, 0.1) is 5.92 Å². The van der Waals surface area contributed by atoms with Crippen LogP contribution < -0.4 is 10.1 Å². The minimum Gasteiger partial charge on any atom is -0.497 e. The van der Waals surface area contributed by atoms with Gasteiger partial charge in [-0.3, -0.25) is 9.48 Å². The van der Waals surface area contributed by atoms with E-state index in [0.29, 0.717) is 17.9 Å². The van der Waals surface area contributed by atoms with Crippen molar-refractivity contribution in [2.75, 3.05) is 25.2 Å². The van der Waals surface area contributed by atoms with Crippen LogP contribution in [0.1, 0.15) is 43.2 Å². The molecule has 1 aromatic carbocycles. The van der Waals surface area contributed by atoms with Crippen LogP contribution in [-0.2, 0) is 9.84 Å². The maximum atomic E-state index is 12.8. The first kappa shape index (κ1) is 22.3. The van der Waals surface area contributed by atoms with E-state index in [0.717, 1.165) is 12.0 Å². The maximum Gasteiger partial charge on any atom is 0.272 e. The molecule has 1 saturated heterocycles. The van der Waals surface area contributed by atoms with Crippen molar-refractivity contribution in [2.45, 2.75) is 38.8 Å². The Hall–Kier alpha value is -2.39. The molecule has 1 amide bonds. The summed E-state index contributed by atoms with van der Waals surface area (Å²) in [4.78, 5) is 12.8. The fourth-order valence-corrected chi connectivity index (χ4v) is 5.32. The summed E-state index contributed by atoms with van der Waals surface area (Å²) in [7, 11) is -1.53. The van der Waals surface area contributed by atoms with Gasteiger partial charge in [-0.25, -0.2) is 8.42 Å². The molecule has 1 aliphatic rings. The van der Waals surface area contributed by atoms with Crippen molar-refractivity contribution in [1.29, 1.82) is 0 Å². The summed E-state index contributed by atoms with van der Waals surface area (Å²) in [6.07, 6.45) is 1.28. The van der Waals surface area contributed by atoms with Crippen LogP contribution in [0.5, 0.6) is 5.75 Å². The summed E-state index contributed by atoms with van der Waals surface area (Å²) >= 11 is 0. The van der Waals surface area contributed by atoms with Gasteiger partial charge < -0.3 is 15.2 Å². The van der Waals surface area contributed by atoms with E-state index in [1.807, 2.05) is 38.1 Å². The van der Waals surface area contributed by atoms with Gasteiger partial charge >= 0.3 is 0 Å². The van der Waals surface area contributed by atoms with Crippen LogP contribution in [0.15, 0.2) is 30.3 Å². The van der Waals surface area contributed by atoms with Crippen LogP contribution in [0.4, 0.5) is 0 Å². The highest BCUT2D eigenvalue weighted by atomic mass is 32.2. The fourth-order valence-electron chi connectivity index (χ4n) is 3.62. The quantitative estimate of drug-likeness (QED) is 0.657. The van der Waals surface area contributed by atoms with Gasteiger partial charge in [-0.05, 0) is 42.7 Å². The van der Waals surface area contributed by atoms with Gasteiger partial charge in [0.1, 0.15) is 5.75 Å². The Labute approximate surface area is 177 Å². The molecule has 8 nitrogen and oxygen atoms in total. The second-order valence-corrected chi connectivity index (χ2v) is 10.0. The Kier molecular flexibility index (Phi) is 6.82. The Balaban J connectivity index is 1.96. The summed E-state index contributed by atoms with van der Waals surface area (Å²) < 4.78 is 30.9. The molecule has 0 unspecified atom stereocenters. The van der Waals surface area contributed by atoms with E-state index in [1.165, 1.54) is 0 Å². The van der Waals surface area contributed by atoms with E-state index in [9.17, 15) is 18.3 Å². The van der Waals surface area contributed by atoms with E-state index in [2.05, 4.69) is 10.4 Å². The molecular weight excluding hydrogens is 406 g/mol. The molecule has 3 atom stereocenters. The van der Waals surface area contributed by atoms with Crippen LogP contribution in [0.3, 0.4) is 0 Å². The summed E-state index contributed by atoms with van der Waals surface area (Å²) in [5.41, 5.74) is 1.69. The topological polar surface area (TPSA) is 111 Å². The lowest BCUT2D eigenvalue weighted by atomic mass is 10.00. The summed E-state index contributed by atoms with van der Waals surface area (Å²) in [5, 5.41) is 16.9. The Morgan fingerprint density at radius 2 is 2.07 bits per heavy atom. The zero-order chi connectivity index (χ0) is 21.9. The molecule has 1 aromatic heterocycles. The average Bonchev–Trinajstić information content (AvgIpc) is 3.34. The Morgan fingerprint density at radius 3 is 2.60 bits per heavy atom. The molecule has 0 saturated carbocycles. The number of ether oxygens (including phenoxy) is 1. The third-order valence-corrected chi connectivity index (χ3v) is 7.50. The molecule has 3 rings (SSSR count). The first-order chi connectivity index (χ1) is 14.3. The Bertz CT molecular complexity index is 985. The molecular formula is C21H29N3O5S. The number of benzene rings is 1. The number of aliphatic hydroxyl groups is 1. The van der Waals surface area contributed by atoms with Crippen molar-refractivity contribution < 1.29 is 23.1 Å². The average molecular weight is 436 g/mol. The number of rotatable bonds is 8. The lowest BCUT2D eigenvalue weighted by Crippen LogP contribution is -2.42. The number of sulfone groups is 1. The van der Waals surface area contributed by atoms with E-state index in [4.69, 9.17) is 4.74 Å². The molecule has 30 heavy (non-hydrogen) atoms. The molecule has 1 aliphatic heterocycles. The van der Waals surface area contributed by atoms with Gasteiger partial charge in [0.2, 0.25) is 0 Å². The van der Waals surface area contributed by atoms with Crippen LogP contribution in [0.25, 0.3) is 11.3 Å². The normalized spacial score (nSPS) is 19.9. The number of hydrogen-bond acceptors (Lipinski definition) is 6. The molecule has 2 heterocycles. The van der Waals surface area contributed by atoms with Crippen LogP contribution >= 0.6 is 0 Å². The summed E-state index contributed by atoms with van der Waals surface area (Å²) in [5.74, 6) is 0.545. The third kappa shape index (κ3) is 4.84. The molecule has 2 N–H and O–H groups in total. The van der Waals surface area contributed by atoms with Crippen molar-refractivity contribution in [3.63, 3.8) is 0 Å². The number of methoxy groups -OCH3 is 1. The van der Waals surface area contributed by atoms with E-state index < -0.39 is 9.84 Å². The standard InChI is InChI=1S/C21H29N3O5S/c1-4-14(2)19(12-25)22-21(26)18-11-20(15-5-7-17(29-3)8-6-15)24(23-18)16-9-10-30(27,28)13-16/h5-8,11,14,16,19,25H,4,9-10,12-13H2,1-3H3,(H,22,26)/t14-,16+,19-/m1/s1. The van der Waals surface area contributed by atoms with Crippen molar-refractivity contribution in [3.8, 4) is 17.0 Å². The third-order valence-electron chi connectivity index (χ3n) is 5.75. The smallest absolute Gasteiger partial charge is 0.272 e. The lowest BCUT2D eigenvalue weighted by molar-refractivity contribution is 0.0885. The molecule has 0 radical (unpaired) electrons. The summed E-state index contributed by atoms with van der Waals surface area (Å²) in [6, 6.07) is 8.30. The minimum atomic E-state index is -3.12. The zero-order valence-electron chi connectivity index (χ0n) is 17.5. The summed E-state index contributed by atoms with van der Waals surface area (Å²) in [6.45, 7) is 3.80. The monoisotopic (exact) mass is 435 g/mol. The van der Waals surface area contributed by atoms with Gasteiger partial charge in [-0.1, -0.05) is 20.3 Å². The van der Waals surface area contributed by atoms with Crippen LogP contribution in [0.2, 0.25) is 0 Å². The minimum absolute atomic E-state index is 0.00499. The SMILES string of the molecule is CC[C@@H](C)[C@@H](CO)NC(=O)c1cc(-c2ccc(OC)cc2)n([C@H]2CCS(=O)(=O)C2)n1. The predicted octanol–water partition coefficient (Wildman–Crippen LogP) is 2.06. The highest BCUT2D eigenvalue weighted by molar-refractivity contribution is 7.91. The van der Waals surface area contributed by atoms with Gasteiger partial charge in [0, 0.05) is 5.56 Å². The largest absolute Gasteiger partial charge is 0.497 e. The Morgan fingerprint density at radius 1 is 1.37 bits per heavy atom. The molecule has 9 heteroatoms. The zero-order valence-corrected chi connectivity index (χ0v) is 18.4. The molecule has 0 aliphatic carbocycles. The fraction of sp³-hybridized carbons (Fsp3) is 0.524. The highest BCUT2D eigenvalue weighted by Crippen LogP contribution is 2.31. The van der Waals surface area contributed by atoms with Crippen molar-refractivity contribution in [1.82, 2.24) is 15.1 Å². The van der Waals surface area contributed by atoms with Crippen molar-refractivity contribution in [2.24, 2.45) is 5.92 Å². The number of nitrogens with zero attached hydrogens (tertiary/aromatic N) is 2. The second kappa shape index (κ2) is 9.18. The first-order valence-electron chi connectivity index (χ1n) is 10.1. The van der Waals surface area contributed by atoms with Gasteiger partial charge in [-0.15, -0.1) is 0 Å². The predicted molar refractivity (Wildman–Crippen MR) is 114 cm³/mol. The van der Waals surface area contributed by atoms with Gasteiger partial charge in [0.05, 0.1) is 43.0 Å². The van der Waals surface area contributed by atoms with Crippen LogP contribution in [-0.4, -0.2) is 60.5 Å². The molecule has 1 fully saturated rings. The number of nitrogens with one attached hydrogen (secondary N) is 1. The number of carbonyl (C=O) groups excluding carboxylic acids is 1. The molecule has 164 valence electrons. The van der Waals surface area contributed by atoms with Crippen molar-refractivity contribution in [3.05, 3.63) is 36.0 Å². The van der Waals surface area contributed by atoms with E-state index in [1.54, 1.807) is 17.9 Å². The lowest BCUT2D eigenvalue weighted by Gasteiger charge is -2.21. The van der Waals surface area contributed by atoms with Gasteiger partial charge in [-0.2, -0.15) is 5.10 Å². The van der Waals surface area contributed by atoms with E-state index in [-0.39, 0.29) is 47.7 Å². The number of carbonyl (C=O) groups is 1. The highest BCUT2D eigenvalue weighted by Gasteiger charge is 2.32. The van der Waals surface area contributed by atoms with Gasteiger partial charge in [0.25, 0.3) is 5.91 Å². The first-order valence-corrected chi connectivity index (χ1v) is 12.0. The molecule has 0 spiro atoms. The number of hydrogen-bond donors (Lipinski definition) is 2. The maximum absolute atomic E-state index is 12.8. The molecule has 2 aromatic rings. The number of amides is 1. The number of aromatic nitrogens is 2. The van der Waals surface area contributed by atoms with Gasteiger partial charge in [0.15, 0.2) is 15.5 Å². The second-order valence-electron chi connectivity index (χ2n) is 7.79. The van der Waals surface area contributed by atoms with E-state index >= 15 is 0 Å². The molecule has 0 bridgehead atoms.